The lowest BCUT2D eigenvalue weighted by atomic mass is 9.96. The van der Waals surface area contributed by atoms with Gasteiger partial charge in [0.2, 0.25) is 17.6 Å². The van der Waals surface area contributed by atoms with Crippen LogP contribution in [0.1, 0.15) is 60.5 Å². The van der Waals surface area contributed by atoms with E-state index in [0.29, 0.717) is 48.8 Å². The summed E-state index contributed by atoms with van der Waals surface area (Å²) in [5.74, 6) is 0.650. The van der Waals surface area contributed by atoms with Crippen LogP contribution in [0.3, 0.4) is 0 Å². The first-order chi connectivity index (χ1) is 17.9. The predicted octanol–water partition coefficient (Wildman–Crippen LogP) is 3.67. The summed E-state index contributed by atoms with van der Waals surface area (Å²) < 4.78 is 7.58. The molecule has 0 bridgehead atoms. The van der Waals surface area contributed by atoms with Crippen LogP contribution in [0, 0.1) is 11.3 Å². The van der Waals surface area contributed by atoms with Gasteiger partial charge in [0.1, 0.15) is 0 Å². The fraction of sp³-hybridized carbons (Fsp3) is 0.333. The number of hydrogen-bond acceptors (Lipinski definition) is 7. The number of aromatic nitrogens is 4. The van der Waals surface area contributed by atoms with E-state index in [0.717, 1.165) is 16.5 Å². The summed E-state index contributed by atoms with van der Waals surface area (Å²) >= 11 is 0. The maximum absolute atomic E-state index is 12.6. The topological polar surface area (TPSA) is 130 Å². The Morgan fingerprint density at radius 1 is 1.19 bits per heavy atom. The Bertz CT molecular complexity index is 1490. The average Bonchev–Trinajstić information content (AvgIpc) is 3.59. The van der Waals surface area contributed by atoms with Crippen molar-refractivity contribution in [3.63, 3.8) is 0 Å². The van der Waals surface area contributed by atoms with Crippen molar-refractivity contribution < 1.29 is 14.1 Å². The fourth-order valence-electron chi connectivity index (χ4n) is 4.58. The second-order valence-electron chi connectivity index (χ2n) is 9.44. The Labute approximate surface area is 213 Å². The van der Waals surface area contributed by atoms with Gasteiger partial charge < -0.3 is 14.7 Å². The molecule has 1 saturated heterocycles. The number of nitriles is 1. The van der Waals surface area contributed by atoms with Gasteiger partial charge in [0, 0.05) is 41.6 Å². The molecule has 0 atom stereocenters. The summed E-state index contributed by atoms with van der Waals surface area (Å²) in [5.41, 5.74) is 2.64. The number of carbonyl (C=O) groups is 2. The van der Waals surface area contributed by atoms with E-state index in [2.05, 4.69) is 34.4 Å². The van der Waals surface area contributed by atoms with Gasteiger partial charge in [0.15, 0.2) is 0 Å². The van der Waals surface area contributed by atoms with E-state index in [9.17, 15) is 9.59 Å². The van der Waals surface area contributed by atoms with E-state index >= 15 is 0 Å². The smallest absolute Gasteiger partial charge is 0.251 e. The van der Waals surface area contributed by atoms with Gasteiger partial charge in [-0.1, -0.05) is 23.4 Å². The highest BCUT2D eigenvalue weighted by Gasteiger charge is 2.28. The summed E-state index contributed by atoms with van der Waals surface area (Å²) in [6.07, 6.45) is 3.25. The van der Waals surface area contributed by atoms with Gasteiger partial charge in [-0.05, 0) is 51.0 Å². The van der Waals surface area contributed by atoms with Gasteiger partial charge >= 0.3 is 0 Å². The lowest BCUT2D eigenvalue weighted by Crippen LogP contribution is -2.43. The first-order valence-electron chi connectivity index (χ1n) is 12.3. The maximum atomic E-state index is 12.6. The third-order valence-electron chi connectivity index (χ3n) is 6.64. The average molecular weight is 498 g/mol. The molecule has 10 nitrogen and oxygen atoms in total. The molecule has 37 heavy (non-hydrogen) atoms. The zero-order chi connectivity index (χ0) is 25.9. The summed E-state index contributed by atoms with van der Waals surface area (Å²) in [7, 11) is 0. The Kier molecular flexibility index (Phi) is 6.68. The first-order valence-corrected chi connectivity index (χ1v) is 12.3. The molecule has 0 unspecified atom stereocenters. The van der Waals surface area contributed by atoms with Crippen LogP contribution in [0.5, 0.6) is 0 Å². The molecule has 188 valence electrons. The van der Waals surface area contributed by atoms with Crippen LogP contribution in [0.4, 0.5) is 0 Å². The maximum Gasteiger partial charge on any atom is 0.251 e. The van der Waals surface area contributed by atoms with Crippen molar-refractivity contribution in [2.75, 3.05) is 19.6 Å². The van der Waals surface area contributed by atoms with Crippen LogP contribution in [0.25, 0.3) is 22.3 Å². The minimum atomic E-state index is -0.381. The van der Waals surface area contributed by atoms with Crippen LogP contribution in [0.2, 0.25) is 0 Å². The molecule has 3 heterocycles. The lowest BCUT2D eigenvalue weighted by molar-refractivity contribution is -0.131. The molecule has 4 aromatic rings. The molecule has 2 aromatic heterocycles. The van der Waals surface area contributed by atoms with Crippen molar-refractivity contribution in [3.8, 4) is 17.5 Å². The first kappa shape index (κ1) is 24.2. The number of hydrogen-bond donors (Lipinski definition) is 1. The Morgan fingerprint density at radius 3 is 2.76 bits per heavy atom. The molecule has 1 N–H and O–H groups in total. The number of nitrogens with zero attached hydrogens (tertiary/aromatic N) is 6. The molecule has 0 spiro atoms. The minimum Gasteiger partial charge on any atom is -0.343 e. The predicted molar refractivity (Wildman–Crippen MR) is 135 cm³/mol. The third kappa shape index (κ3) is 5.07. The zero-order valence-electron chi connectivity index (χ0n) is 20.7. The highest BCUT2D eigenvalue weighted by molar-refractivity contribution is 5.96. The lowest BCUT2D eigenvalue weighted by Gasteiger charge is -2.30. The molecular formula is C27H27N7O3. The summed E-state index contributed by atoms with van der Waals surface area (Å²) in [4.78, 5) is 31.4. The number of benzene rings is 2. The van der Waals surface area contributed by atoms with E-state index in [1.807, 2.05) is 35.1 Å². The molecule has 2 aromatic carbocycles. The van der Waals surface area contributed by atoms with Gasteiger partial charge in [-0.2, -0.15) is 15.3 Å². The number of piperidine rings is 1. The number of carbonyl (C=O) groups excluding carboxylic acids is 2. The molecule has 1 aliphatic rings. The van der Waals surface area contributed by atoms with Crippen LogP contribution < -0.4 is 5.32 Å². The Morgan fingerprint density at radius 2 is 2.00 bits per heavy atom. The van der Waals surface area contributed by atoms with Crippen molar-refractivity contribution in [2.45, 2.75) is 38.6 Å². The molecular weight excluding hydrogens is 470 g/mol. The largest absolute Gasteiger partial charge is 0.343 e. The van der Waals surface area contributed by atoms with Crippen LogP contribution in [0.15, 0.2) is 53.2 Å². The summed E-state index contributed by atoms with van der Waals surface area (Å²) in [5, 5.41) is 21.4. The Hall–Kier alpha value is -4.52. The monoisotopic (exact) mass is 497 g/mol. The molecule has 0 radical (unpaired) electrons. The highest BCUT2D eigenvalue weighted by atomic mass is 16.5. The van der Waals surface area contributed by atoms with Crippen molar-refractivity contribution in [1.29, 1.82) is 5.26 Å². The van der Waals surface area contributed by atoms with Crippen LogP contribution >= 0.6 is 0 Å². The SMILES string of the molecule is CC(C)n1ncc2ccc(-c3noc(C4CCN(C(=O)CNC(=O)c5cccc(C#N)c5)CC4)n3)cc21. The number of nitrogens with one attached hydrogen (secondary N) is 1. The standard InChI is InChI=1S/C27H27N7O3/c1-17(2)34-23-13-20(6-7-22(23)15-30-34)25-31-27(37-32-25)19-8-10-33(11-9-19)24(35)16-29-26(36)21-5-3-4-18(12-21)14-28/h3-7,12-13,15,17,19H,8-11,16H2,1-2H3,(H,29,36). The molecule has 5 rings (SSSR count). The van der Waals surface area contributed by atoms with Crippen molar-refractivity contribution in [1.82, 2.24) is 30.1 Å². The Balaban J connectivity index is 1.17. The highest BCUT2D eigenvalue weighted by Crippen LogP contribution is 2.30. The number of likely N-dealkylation sites (tertiary alicyclic amines) is 1. The van der Waals surface area contributed by atoms with E-state index in [-0.39, 0.29) is 30.3 Å². The van der Waals surface area contributed by atoms with E-state index < -0.39 is 0 Å². The fourth-order valence-corrected chi connectivity index (χ4v) is 4.58. The quantitative estimate of drug-likeness (QED) is 0.430. The second-order valence-corrected chi connectivity index (χ2v) is 9.44. The normalized spacial score (nSPS) is 14.2. The van der Waals surface area contributed by atoms with E-state index in [1.54, 1.807) is 23.1 Å². The number of amides is 2. The van der Waals surface area contributed by atoms with Crippen LogP contribution in [-0.4, -0.2) is 56.3 Å². The second kappa shape index (κ2) is 10.2. The van der Waals surface area contributed by atoms with E-state index in [4.69, 9.17) is 9.78 Å². The van der Waals surface area contributed by atoms with Crippen molar-refractivity contribution in [3.05, 3.63) is 65.7 Å². The molecule has 10 heteroatoms. The van der Waals surface area contributed by atoms with Gasteiger partial charge in [-0.3, -0.25) is 14.3 Å². The third-order valence-corrected chi connectivity index (χ3v) is 6.64. The van der Waals surface area contributed by atoms with Gasteiger partial charge in [-0.15, -0.1) is 0 Å². The molecule has 0 aliphatic carbocycles. The van der Waals surface area contributed by atoms with Gasteiger partial charge in [0.05, 0.1) is 29.9 Å². The number of rotatable bonds is 6. The molecule has 0 saturated carbocycles. The molecule has 2 amide bonds. The van der Waals surface area contributed by atoms with E-state index in [1.165, 1.54) is 6.07 Å². The summed E-state index contributed by atoms with van der Waals surface area (Å²) in [6, 6.07) is 14.6. The number of fused-ring (bicyclic) bond motifs is 1. The van der Waals surface area contributed by atoms with Gasteiger partial charge in [0.25, 0.3) is 5.91 Å². The zero-order valence-corrected chi connectivity index (χ0v) is 20.7. The molecule has 1 aliphatic heterocycles. The van der Waals surface area contributed by atoms with Gasteiger partial charge in [-0.25, -0.2) is 0 Å². The van der Waals surface area contributed by atoms with Crippen molar-refractivity contribution in [2.24, 2.45) is 0 Å². The summed E-state index contributed by atoms with van der Waals surface area (Å²) in [6.45, 7) is 5.16. The minimum absolute atomic E-state index is 0.0681. The van der Waals surface area contributed by atoms with Crippen molar-refractivity contribution >= 4 is 22.7 Å². The van der Waals surface area contributed by atoms with Crippen LogP contribution in [-0.2, 0) is 4.79 Å². The molecule has 1 fully saturated rings.